The van der Waals surface area contributed by atoms with Gasteiger partial charge in [-0.05, 0) is 55.0 Å². The van der Waals surface area contributed by atoms with Crippen molar-refractivity contribution in [1.29, 1.82) is 0 Å². The van der Waals surface area contributed by atoms with Crippen molar-refractivity contribution >= 4 is 38.9 Å². The minimum absolute atomic E-state index is 0.0163. The molecule has 1 fully saturated rings. The number of sulfonamides is 1. The van der Waals surface area contributed by atoms with E-state index in [1.165, 1.54) is 16.4 Å². The molecule has 152 valence electrons. The number of thiophene rings is 1. The first-order valence-corrected chi connectivity index (χ1v) is 12.1. The molecule has 1 aliphatic heterocycles. The van der Waals surface area contributed by atoms with Gasteiger partial charge in [0, 0.05) is 30.6 Å². The summed E-state index contributed by atoms with van der Waals surface area (Å²) in [6.45, 7) is 3.49. The number of amides is 1. The Morgan fingerprint density at radius 1 is 1.18 bits per heavy atom. The summed E-state index contributed by atoms with van der Waals surface area (Å²) in [7, 11) is -2.00. The highest BCUT2D eigenvalue weighted by atomic mass is 35.5. The molecule has 1 aromatic heterocycles. The van der Waals surface area contributed by atoms with Crippen LogP contribution in [-0.4, -0.2) is 43.7 Å². The van der Waals surface area contributed by atoms with E-state index in [-0.39, 0.29) is 15.8 Å². The van der Waals surface area contributed by atoms with Gasteiger partial charge in [-0.15, -0.1) is 11.3 Å². The Hall–Kier alpha value is -1.41. The van der Waals surface area contributed by atoms with E-state index in [9.17, 15) is 13.2 Å². The van der Waals surface area contributed by atoms with E-state index in [4.69, 9.17) is 11.6 Å². The molecule has 2 aromatic rings. The molecule has 0 N–H and O–H groups in total. The molecule has 0 atom stereocenters. The number of carbonyl (C=O) groups excluding carboxylic acids is 1. The highest BCUT2D eigenvalue weighted by Gasteiger charge is 2.28. The second-order valence-electron chi connectivity index (χ2n) is 7.15. The van der Waals surface area contributed by atoms with Crippen molar-refractivity contribution in [1.82, 2.24) is 9.21 Å². The van der Waals surface area contributed by atoms with Gasteiger partial charge in [0.25, 0.3) is 5.91 Å². The van der Waals surface area contributed by atoms with Crippen molar-refractivity contribution in [2.45, 2.75) is 44.0 Å². The molecule has 1 aliphatic rings. The zero-order valence-electron chi connectivity index (χ0n) is 16.2. The summed E-state index contributed by atoms with van der Waals surface area (Å²) in [5.41, 5.74) is 1.47. The summed E-state index contributed by atoms with van der Waals surface area (Å²) in [6, 6.07) is 6.53. The van der Waals surface area contributed by atoms with Crippen LogP contribution in [0.1, 0.15) is 46.5 Å². The van der Waals surface area contributed by atoms with Gasteiger partial charge < -0.3 is 4.90 Å². The molecule has 8 heteroatoms. The average molecular weight is 441 g/mol. The van der Waals surface area contributed by atoms with Crippen LogP contribution in [0.4, 0.5) is 0 Å². The number of aryl methyl sites for hydroxylation is 1. The molecule has 3 rings (SSSR count). The molecule has 0 bridgehead atoms. The Bertz CT molecular complexity index is 948. The predicted molar refractivity (Wildman–Crippen MR) is 114 cm³/mol. The molecule has 1 saturated heterocycles. The van der Waals surface area contributed by atoms with Crippen LogP contribution in [-0.2, 0) is 16.6 Å². The molecule has 5 nitrogen and oxygen atoms in total. The largest absolute Gasteiger partial charge is 0.337 e. The Morgan fingerprint density at radius 3 is 2.46 bits per heavy atom. The van der Waals surface area contributed by atoms with Gasteiger partial charge >= 0.3 is 0 Å². The standard InChI is InChI=1S/C20H25ClN2O3S2/c1-15-9-12-27-18(15)14-22(2)20(24)16-7-8-17(21)19(13-16)28(25,26)23-10-5-3-4-6-11-23/h7-9,12-13H,3-6,10-11,14H2,1-2H3. The van der Waals surface area contributed by atoms with E-state index < -0.39 is 10.0 Å². The summed E-state index contributed by atoms with van der Waals surface area (Å²) < 4.78 is 27.7. The number of nitrogens with zero attached hydrogens (tertiary/aromatic N) is 2. The van der Waals surface area contributed by atoms with Crippen LogP contribution in [0.5, 0.6) is 0 Å². The lowest BCUT2D eigenvalue weighted by Gasteiger charge is -2.22. The van der Waals surface area contributed by atoms with E-state index in [2.05, 4.69) is 0 Å². The molecule has 1 aromatic carbocycles. The van der Waals surface area contributed by atoms with E-state index in [1.807, 2.05) is 18.4 Å². The Labute approximate surface area is 176 Å². The lowest BCUT2D eigenvalue weighted by Crippen LogP contribution is -2.32. The van der Waals surface area contributed by atoms with Crippen LogP contribution < -0.4 is 0 Å². The lowest BCUT2D eigenvalue weighted by atomic mass is 10.2. The third kappa shape index (κ3) is 4.59. The molecule has 28 heavy (non-hydrogen) atoms. The molecular formula is C20H25ClN2O3S2. The fraction of sp³-hybridized carbons (Fsp3) is 0.450. The van der Waals surface area contributed by atoms with Crippen LogP contribution in [0.2, 0.25) is 5.02 Å². The van der Waals surface area contributed by atoms with Crippen LogP contribution in [0, 0.1) is 6.92 Å². The van der Waals surface area contributed by atoms with Crippen molar-refractivity contribution in [3.05, 3.63) is 50.7 Å². The maximum Gasteiger partial charge on any atom is 0.253 e. The fourth-order valence-electron chi connectivity index (χ4n) is 3.33. The van der Waals surface area contributed by atoms with Gasteiger partial charge in [0.05, 0.1) is 11.6 Å². The third-order valence-corrected chi connectivity index (χ3v) is 8.44. The Balaban J connectivity index is 1.86. The van der Waals surface area contributed by atoms with E-state index in [1.54, 1.807) is 29.4 Å². The van der Waals surface area contributed by atoms with Crippen LogP contribution >= 0.6 is 22.9 Å². The second kappa shape index (κ2) is 8.95. The van der Waals surface area contributed by atoms with Gasteiger partial charge in [-0.25, -0.2) is 8.42 Å². The quantitative estimate of drug-likeness (QED) is 0.685. The Kier molecular flexibility index (Phi) is 6.81. The molecule has 0 unspecified atom stereocenters. The monoisotopic (exact) mass is 440 g/mol. The van der Waals surface area contributed by atoms with Crippen molar-refractivity contribution in [2.24, 2.45) is 0 Å². The van der Waals surface area contributed by atoms with Crippen LogP contribution in [0.3, 0.4) is 0 Å². The van der Waals surface area contributed by atoms with Gasteiger partial charge in [-0.1, -0.05) is 24.4 Å². The smallest absolute Gasteiger partial charge is 0.253 e. The molecule has 0 radical (unpaired) electrons. The number of carbonyl (C=O) groups is 1. The summed E-state index contributed by atoms with van der Waals surface area (Å²) in [5.74, 6) is -0.225. The number of hydrogen-bond donors (Lipinski definition) is 0. The molecule has 2 heterocycles. The van der Waals surface area contributed by atoms with Crippen molar-refractivity contribution < 1.29 is 13.2 Å². The van der Waals surface area contributed by atoms with Gasteiger partial charge in [0.2, 0.25) is 10.0 Å². The van der Waals surface area contributed by atoms with E-state index >= 15 is 0 Å². The molecule has 1 amide bonds. The van der Waals surface area contributed by atoms with Crippen molar-refractivity contribution in [3.63, 3.8) is 0 Å². The summed E-state index contributed by atoms with van der Waals surface area (Å²) in [5, 5.41) is 2.15. The summed E-state index contributed by atoms with van der Waals surface area (Å²) in [6.07, 6.45) is 3.76. The van der Waals surface area contributed by atoms with Crippen LogP contribution in [0.15, 0.2) is 34.5 Å². The van der Waals surface area contributed by atoms with Gasteiger partial charge in [-0.2, -0.15) is 4.31 Å². The minimum Gasteiger partial charge on any atom is -0.337 e. The molecule has 0 spiro atoms. The lowest BCUT2D eigenvalue weighted by molar-refractivity contribution is 0.0786. The SMILES string of the molecule is Cc1ccsc1CN(C)C(=O)c1ccc(Cl)c(S(=O)(=O)N2CCCCCC2)c1. The first-order valence-electron chi connectivity index (χ1n) is 9.39. The topological polar surface area (TPSA) is 57.7 Å². The summed E-state index contributed by atoms with van der Waals surface area (Å²) >= 11 is 7.84. The zero-order valence-corrected chi connectivity index (χ0v) is 18.5. The maximum atomic E-state index is 13.1. The summed E-state index contributed by atoms with van der Waals surface area (Å²) in [4.78, 5) is 15.6. The number of rotatable bonds is 5. The first kappa shape index (κ1) is 21.3. The first-order chi connectivity index (χ1) is 13.3. The predicted octanol–water partition coefficient (Wildman–Crippen LogP) is 4.55. The van der Waals surface area contributed by atoms with Crippen molar-refractivity contribution in [2.75, 3.05) is 20.1 Å². The molecule has 0 saturated carbocycles. The Morgan fingerprint density at radius 2 is 1.86 bits per heavy atom. The van der Waals surface area contributed by atoms with Gasteiger partial charge in [0.15, 0.2) is 0 Å². The number of hydrogen-bond acceptors (Lipinski definition) is 4. The number of benzene rings is 1. The molecule has 0 aliphatic carbocycles. The van der Waals surface area contributed by atoms with E-state index in [0.29, 0.717) is 25.2 Å². The normalized spacial score (nSPS) is 16.0. The maximum absolute atomic E-state index is 13.1. The zero-order chi connectivity index (χ0) is 20.3. The fourth-order valence-corrected chi connectivity index (χ4v) is 6.30. The average Bonchev–Trinajstić information content (AvgIpc) is 2.90. The van der Waals surface area contributed by atoms with Crippen LogP contribution in [0.25, 0.3) is 0 Å². The van der Waals surface area contributed by atoms with Gasteiger partial charge in [0.1, 0.15) is 4.90 Å². The molecular weight excluding hydrogens is 416 g/mol. The highest BCUT2D eigenvalue weighted by molar-refractivity contribution is 7.89. The third-order valence-electron chi connectivity index (χ3n) is 5.06. The van der Waals surface area contributed by atoms with Gasteiger partial charge in [-0.3, -0.25) is 4.79 Å². The van der Waals surface area contributed by atoms with E-state index in [0.717, 1.165) is 36.1 Å². The number of halogens is 1. The second-order valence-corrected chi connectivity index (χ2v) is 10.5. The minimum atomic E-state index is -3.72. The highest BCUT2D eigenvalue weighted by Crippen LogP contribution is 2.28. The van der Waals surface area contributed by atoms with Crippen molar-refractivity contribution in [3.8, 4) is 0 Å².